The van der Waals surface area contributed by atoms with Gasteiger partial charge in [-0.15, -0.1) is 0 Å². The molecule has 0 aromatic heterocycles. The van der Waals surface area contributed by atoms with Gasteiger partial charge >= 0.3 is 0 Å². The fraction of sp³-hybridized carbons (Fsp3) is 0.636. The predicted molar refractivity (Wildman–Crippen MR) is 56.8 cm³/mol. The quantitative estimate of drug-likeness (QED) is 0.355. The van der Waals surface area contributed by atoms with Gasteiger partial charge in [-0.1, -0.05) is 24.3 Å². The van der Waals surface area contributed by atoms with Crippen molar-refractivity contribution in [3.8, 4) is 0 Å². The lowest BCUT2D eigenvalue weighted by Crippen LogP contribution is -2.14. The third-order valence-electron chi connectivity index (χ3n) is 1.64. The highest BCUT2D eigenvalue weighted by atomic mass is 16.6. The molecule has 14 heavy (non-hydrogen) atoms. The van der Waals surface area contributed by atoms with Crippen molar-refractivity contribution in [3.05, 3.63) is 24.3 Å². The molecular formula is C11H20O3. The molecule has 3 heteroatoms. The molecule has 0 saturated carbocycles. The molecule has 3 nitrogen and oxygen atoms in total. The molecule has 0 heterocycles. The van der Waals surface area contributed by atoms with Crippen LogP contribution in [0.4, 0.5) is 0 Å². The van der Waals surface area contributed by atoms with Gasteiger partial charge in [-0.25, -0.2) is 0 Å². The van der Waals surface area contributed by atoms with Crippen molar-refractivity contribution in [2.75, 3.05) is 13.2 Å². The third kappa shape index (κ3) is 9.45. The Hall–Kier alpha value is -0.640. The van der Waals surface area contributed by atoms with E-state index in [0.717, 1.165) is 12.8 Å². The van der Waals surface area contributed by atoms with Crippen LogP contribution in [0.2, 0.25) is 0 Å². The van der Waals surface area contributed by atoms with E-state index < -0.39 is 6.29 Å². The molecule has 0 aliphatic rings. The van der Waals surface area contributed by atoms with E-state index in [1.807, 2.05) is 25.2 Å². The average molecular weight is 200 g/mol. The van der Waals surface area contributed by atoms with Crippen LogP contribution in [0.1, 0.15) is 26.2 Å². The third-order valence-corrected chi connectivity index (χ3v) is 1.64. The standard InChI is InChI=1S/C11H20O3/c1-2-3-4-5-6-7-10-14-11(13)8-9-12/h2-5,11-13H,6-10H2,1H3. The number of allylic oxidation sites excluding steroid dienone is 4. The first-order chi connectivity index (χ1) is 6.81. The Morgan fingerprint density at radius 1 is 1.36 bits per heavy atom. The van der Waals surface area contributed by atoms with Crippen LogP contribution >= 0.6 is 0 Å². The second-order valence-electron chi connectivity index (χ2n) is 2.93. The molecule has 0 rings (SSSR count). The van der Waals surface area contributed by atoms with Crippen LogP contribution in [0.25, 0.3) is 0 Å². The maximum Gasteiger partial charge on any atom is 0.156 e. The average Bonchev–Trinajstić information content (AvgIpc) is 2.17. The largest absolute Gasteiger partial charge is 0.396 e. The number of hydrogen-bond acceptors (Lipinski definition) is 3. The van der Waals surface area contributed by atoms with E-state index in [-0.39, 0.29) is 13.0 Å². The molecule has 0 radical (unpaired) electrons. The van der Waals surface area contributed by atoms with E-state index in [2.05, 4.69) is 6.08 Å². The fourth-order valence-corrected chi connectivity index (χ4v) is 0.900. The van der Waals surface area contributed by atoms with Gasteiger partial charge in [0, 0.05) is 13.0 Å². The van der Waals surface area contributed by atoms with Crippen molar-refractivity contribution >= 4 is 0 Å². The van der Waals surface area contributed by atoms with E-state index in [0.29, 0.717) is 6.61 Å². The van der Waals surface area contributed by atoms with Crippen molar-refractivity contribution in [3.63, 3.8) is 0 Å². The molecule has 2 N–H and O–H groups in total. The summed E-state index contributed by atoms with van der Waals surface area (Å²) in [5.74, 6) is 0. The maximum absolute atomic E-state index is 9.08. The van der Waals surface area contributed by atoms with Gasteiger partial charge in [0.1, 0.15) is 0 Å². The Bertz CT molecular complexity index is 164. The first-order valence-electron chi connectivity index (χ1n) is 4.99. The lowest BCUT2D eigenvalue weighted by atomic mass is 10.3. The van der Waals surface area contributed by atoms with Crippen LogP contribution in [0, 0.1) is 0 Å². The Kier molecular flexibility index (Phi) is 9.96. The predicted octanol–water partition coefficient (Wildman–Crippen LogP) is 1.62. The van der Waals surface area contributed by atoms with Crippen molar-refractivity contribution in [2.45, 2.75) is 32.5 Å². The van der Waals surface area contributed by atoms with E-state index >= 15 is 0 Å². The van der Waals surface area contributed by atoms with Gasteiger partial charge in [0.2, 0.25) is 0 Å². The monoisotopic (exact) mass is 200 g/mol. The Balaban J connectivity index is 3.20. The molecule has 1 unspecified atom stereocenters. The molecule has 82 valence electrons. The minimum atomic E-state index is -0.820. The lowest BCUT2D eigenvalue weighted by molar-refractivity contribution is -0.109. The summed E-state index contributed by atoms with van der Waals surface area (Å²) in [6.45, 7) is 2.46. The number of ether oxygens (including phenoxy) is 1. The van der Waals surface area contributed by atoms with Gasteiger partial charge in [-0.2, -0.15) is 0 Å². The summed E-state index contributed by atoms with van der Waals surface area (Å²) in [6.07, 6.45) is 9.28. The minimum Gasteiger partial charge on any atom is -0.396 e. The number of aliphatic hydroxyl groups excluding tert-OH is 2. The summed E-state index contributed by atoms with van der Waals surface area (Å²) in [5.41, 5.74) is 0. The van der Waals surface area contributed by atoms with Crippen LogP contribution in [0.15, 0.2) is 24.3 Å². The second-order valence-corrected chi connectivity index (χ2v) is 2.93. The van der Waals surface area contributed by atoms with E-state index in [9.17, 15) is 0 Å². The van der Waals surface area contributed by atoms with Crippen LogP contribution in [-0.2, 0) is 4.74 Å². The van der Waals surface area contributed by atoms with Crippen LogP contribution < -0.4 is 0 Å². The molecule has 0 bridgehead atoms. The van der Waals surface area contributed by atoms with Crippen LogP contribution in [-0.4, -0.2) is 29.7 Å². The fourth-order valence-electron chi connectivity index (χ4n) is 0.900. The van der Waals surface area contributed by atoms with E-state index in [4.69, 9.17) is 14.9 Å². The van der Waals surface area contributed by atoms with Crippen molar-refractivity contribution in [1.29, 1.82) is 0 Å². The number of aliphatic hydroxyl groups is 2. The van der Waals surface area contributed by atoms with Gasteiger partial charge in [0.25, 0.3) is 0 Å². The SMILES string of the molecule is CC=CC=CCCCOC(O)CCO. The zero-order valence-corrected chi connectivity index (χ0v) is 8.72. The van der Waals surface area contributed by atoms with Crippen molar-refractivity contribution < 1.29 is 14.9 Å². The molecule has 0 aromatic carbocycles. The molecule has 0 fully saturated rings. The second kappa shape index (κ2) is 10.4. The first-order valence-corrected chi connectivity index (χ1v) is 4.99. The van der Waals surface area contributed by atoms with E-state index in [1.54, 1.807) is 0 Å². The van der Waals surface area contributed by atoms with Gasteiger partial charge < -0.3 is 14.9 Å². The zero-order valence-electron chi connectivity index (χ0n) is 8.72. The highest BCUT2D eigenvalue weighted by Crippen LogP contribution is 1.97. The highest BCUT2D eigenvalue weighted by Gasteiger charge is 2.00. The summed E-state index contributed by atoms with van der Waals surface area (Å²) >= 11 is 0. The normalized spacial score (nSPS) is 14.2. The topological polar surface area (TPSA) is 49.7 Å². The Morgan fingerprint density at radius 3 is 2.79 bits per heavy atom. The molecule has 0 aliphatic heterocycles. The minimum absolute atomic E-state index is 0.0393. The van der Waals surface area contributed by atoms with Gasteiger partial charge in [0.15, 0.2) is 6.29 Å². The summed E-state index contributed by atoms with van der Waals surface area (Å²) in [5, 5.41) is 17.6. The van der Waals surface area contributed by atoms with Gasteiger partial charge in [-0.3, -0.25) is 0 Å². The number of unbranched alkanes of at least 4 members (excludes halogenated alkanes) is 1. The van der Waals surface area contributed by atoms with E-state index in [1.165, 1.54) is 0 Å². The molecule has 1 atom stereocenters. The highest BCUT2D eigenvalue weighted by molar-refractivity contribution is 5.00. The number of rotatable bonds is 8. The molecular weight excluding hydrogens is 180 g/mol. The first kappa shape index (κ1) is 13.4. The van der Waals surface area contributed by atoms with Crippen LogP contribution in [0.5, 0.6) is 0 Å². The van der Waals surface area contributed by atoms with Gasteiger partial charge in [-0.05, 0) is 19.8 Å². The van der Waals surface area contributed by atoms with Gasteiger partial charge in [0.05, 0.1) is 6.61 Å². The summed E-state index contributed by atoms with van der Waals surface area (Å²) < 4.78 is 5.03. The maximum atomic E-state index is 9.08. The number of hydrogen-bond donors (Lipinski definition) is 2. The Labute approximate surface area is 85.7 Å². The molecule has 0 aliphatic carbocycles. The van der Waals surface area contributed by atoms with Crippen molar-refractivity contribution in [1.82, 2.24) is 0 Å². The smallest absolute Gasteiger partial charge is 0.156 e. The molecule has 0 spiro atoms. The lowest BCUT2D eigenvalue weighted by Gasteiger charge is -2.09. The summed E-state index contributed by atoms with van der Waals surface area (Å²) in [6, 6.07) is 0. The van der Waals surface area contributed by atoms with Crippen LogP contribution in [0.3, 0.4) is 0 Å². The van der Waals surface area contributed by atoms with Crippen molar-refractivity contribution in [2.24, 2.45) is 0 Å². The molecule has 0 aromatic rings. The summed E-state index contributed by atoms with van der Waals surface area (Å²) in [4.78, 5) is 0. The summed E-state index contributed by atoms with van der Waals surface area (Å²) in [7, 11) is 0. The Morgan fingerprint density at radius 2 is 2.14 bits per heavy atom. The molecule has 0 amide bonds. The molecule has 0 saturated heterocycles. The zero-order chi connectivity index (χ0) is 10.6.